The summed E-state index contributed by atoms with van der Waals surface area (Å²) in [5.41, 5.74) is 1.38. The number of hydrogen-bond acceptors (Lipinski definition) is 5. The molecular weight excluding hydrogens is 374 g/mol. The Bertz CT molecular complexity index is 835. The second kappa shape index (κ2) is 8.30. The first kappa shape index (κ1) is 20.6. The second-order valence-corrected chi connectivity index (χ2v) is 9.65. The third-order valence-electron chi connectivity index (χ3n) is 3.91. The van der Waals surface area contributed by atoms with Crippen LogP contribution in [0.4, 0.5) is 0 Å². The topological polar surface area (TPSA) is 89.5 Å². The van der Waals surface area contributed by atoms with Gasteiger partial charge in [0.2, 0.25) is 10.0 Å². The largest absolute Gasteiger partial charge is 0.264 e. The highest BCUT2D eigenvalue weighted by Gasteiger charge is 2.33. The number of benzene rings is 2. The Morgan fingerprint density at radius 3 is 1.69 bits per heavy atom. The zero-order valence-corrected chi connectivity index (χ0v) is 16.5. The molecule has 2 rings (SSSR count). The van der Waals surface area contributed by atoms with Crippen molar-refractivity contribution < 1.29 is 21.0 Å². The summed E-state index contributed by atoms with van der Waals surface area (Å²) >= 11 is 0. The van der Waals surface area contributed by atoms with Gasteiger partial charge in [-0.05, 0) is 11.1 Å². The summed E-state index contributed by atoms with van der Waals surface area (Å²) in [5.74, 6) is -0.496. The first-order valence-electron chi connectivity index (χ1n) is 8.02. The van der Waals surface area contributed by atoms with Crippen LogP contribution in [0.3, 0.4) is 0 Å². The van der Waals surface area contributed by atoms with E-state index < -0.39 is 38.2 Å². The number of sulfonamides is 1. The lowest BCUT2D eigenvalue weighted by Crippen LogP contribution is -2.35. The van der Waals surface area contributed by atoms with Crippen LogP contribution in [-0.4, -0.2) is 29.3 Å². The molecule has 0 aliphatic carbocycles. The van der Waals surface area contributed by atoms with E-state index in [0.29, 0.717) is 5.56 Å². The molecule has 0 radical (unpaired) electrons. The van der Waals surface area contributed by atoms with Gasteiger partial charge in [-0.2, -0.15) is 8.42 Å². The van der Waals surface area contributed by atoms with Crippen molar-refractivity contribution >= 4 is 20.1 Å². The van der Waals surface area contributed by atoms with E-state index in [4.69, 9.17) is 4.18 Å². The maximum atomic E-state index is 11.9. The average Bonchev–Trinajstić information content (AvgIpc) is 2.57. The highest BCUT2D eigenvalue weighted by molar-refractivity contribution is 7.88. The van der Waals surface area contributed by atoms with Crippen LogP contribution in [0.2, 0.25) is 0 Å². The van der Waals surface area contributed by atoms with Crippen LogP contribution in [-0.2, 0) is 24.3 Å². The van der Waals surface area contributed by atoms with E-state index in [0.717, 1.165) is 18.1 Å². The van der Waals surface area contributed by atoms with Crippen LogP contribution >= 0.6 is 0 Å². The predicted octanol–water partition coefficient (Wildman–Crippen LogP) is 2.63. The van der Waals surface area contributed by atoms with E-state index in [-0.39, 0.29) is 0 Å². The van der Waals surface area contributed by atoms with Gasteiger partial charge in [0.1, 0.15) is 6.10 Å². The molecular formula is C18H23NO5S2. The van der Waals surface area contributed by atoms with Crippen LogP contribution in [0.25, 0.3) is 0 Å². The lowest BCUT2D eigenvalue weighted by atomic mass is 9.87. The van der Waals surface area contributed by atoms with Gasteiger partial charge in [-0.1, -0.05) is 67.6 Å². The molecule has 0 fully saturated rings. The maximum absolute atomic E-state index is 11.9. The molecule has 142 valence electrons. The fourth-order valence-electron chi connectivity index (χ4n) is 2.82. The van der Waals surface area contributed by atoms with Crippen molar-refractivity contribution in [2.24, 2.45) is 5.92 Å². The highest BCUT2D eigenvalue weighted by atomic mass is 32.2. The molecule has 0 heterocycles. The van der Waals surface area contributed by atoms with Gasteiger partial charge < -0.3 is 0 Å². The molecule has 1 N–H and O–H groups in total. The zero-order chi connectivity index (χ0) is 19.4. The van der Waals surface area contributed by atoms with Crippen LogP contribution in [0.5, 0.6) is 0 Å². The van der Waals surface area contributed by atoms with Crippen LogP contribution < -0.4 is 4.72 Å². The standard InChI is InChI=1S/C18H23NO5S2/c1-14(17(19-25(2,20)21)15-10-6-4-7-11-15)18(24-26(3,22)23)16-12-8-5-9-13-16/h4-14,17-19H,1-3H3/t14-,17+,18-/m1/s1. The van der Waals surface area contributed by atoms with E-state index in [1.807, 2.05) is 12.1 Å². The quantitative estimate of drug-likeness (QED) is 0.692. The van der Waals surface area contributed by atoms with Gasteiger partial charge >= 0.3 is 0 Å². The van der Waals surface area contributed by atoms with Gasteiger partial charge in [0.15, 0.2) is 0 Å². The molecule has 8 heteroatoms. The van der Waals surface area contributed by atoms with Crippen molar-refractivity contribution in [3.63, 3.8) is 0 Å². The van der Waals surface area contributed by atoms with Crippen molar-refractivity contribution in [2.45, 2.75) is 19.1 Å². The Morgan fingerprint density at radius 1 is 0.808 bits per heavy atom. The molecule has 0 aliphatic heterocycles. The minimum atomic E-state index is -3.75. The predicted molar refractivity (Wildman–Crippen MR) is 101 cm³/mol. The fourth-order valence-corrected chi connectivity index (χ4v) is 4.30. The number of hydrogen-bond donors (Lipinski definition) is 1. The Morgan fingerprint density at radius 2 is 1.27 bits per heavy atom. The van der Waals surface area contributed by atoms with Gasteiger partial charge in [0.25, 0.3) is 10.1 Å². The van der Waals surface area contributed by atoms with Crippen LogP contribution in [0, 0.1) is 5.92 Å². The third-order valence-corrected chi connectivity index (χ3v) is 5.15. The summed E-state index contributed by atoms with van der Waals surface area (Å²) in [5, 5.41) is 0. The maximum Gasteiger partial charge on any atom is 0.264 e. The zero-order valence-electron chi connectivity index (χ0n) is 14.9. The van der Waals surface area contributed by atoms with Crippen molar-refractivity contribution in [1.82, 2.24) is 4.72 Å². The number of nitrogens with one attached hydrogen (secondary N) is 1. The first-order chi connectivity index (χ1) is 12.1. The first-order valence-corrected chi connectivity index (χ1v) is 11.7. The molecule has 2 aromatic rings. The summed E-state index contributed by atoms with van der Waals surface area (Å²) < 4.78 is 55.3. The summed E-state index contributed by atoms with van der Waals surface area (Å²) in [4.78, 5) is 0. The van der Waals surface area contributed by atoms with Gasteiger partial charge in [-0.3, -0.25) is 4.18 Å². The smallest absolute Gasteiger partial charge is 0.262 e. The molecule has 0 saturated heterocycles. The van der Waals surface area contributed by atoms with Gasteiger partial charge in [0, 0.05) is 5.92 Å². The van der Waals surface area contributed by atoms with Crippen molar-refractivity contribution in [2.75, 3.05) is 12.5 Å². The van der Waals surface area contributed by atoms with E-state index in [1.54, 1.807) is 55.5 Å². The van der Waals surface area contributed by atoms with Gasteiger partial charge in [-0.15, -0.1) is 0 Å². The molecule has 6 nitrogen and oxygen atoms in total. The molecule has 0 bridgehead atoms. The molecule has 0 spiro atoms. The Balaban J connectivity index is 2.49. The molecule has 0 aromatic heterocycles. The lowest BCUT2D eigenvalue weighted by molar-refractivity contribution is 0.132. The van der Waals surface area contributed by atoms with Crippen LogP contribution in [0.1, 0.15) is 30.2 Å². The highest BCUT2D eigenvalue weighted by Crippen LogP contribution is 2.36. The molecule has 0 saturated carbocycles. The summed E-state index contributed by atoms with van der Waals surface area (Å²) in [7, 11) is -7.28. The van der Waals surface area contributed by atoms with Gasteiger partial charge in [-0.25, -0.2) is 13.1 Å². The Labute approximate surface area is 155 Å². The minimum absolute atomic E-state index is 0.496. The molecule has 0 amide bonds. The number of rotatable bonds is 8. The second-order valence-electron chi connectivity index (χ2n) is 6.27. The van der Waals surface area contributed by atoms with E-state index >= 15 is 0 Å². The molecule has 2 aromatic carbocycles. The van der Waals surface area contributed by atoms with Gasteiger partial charge in [0.05, 0.1) is 18.6 Å². The molecule has 0 unspecified atom stereocenters. The van der Waals surface area contributed by atoms with E-state index in [2.05, 4.69) is 4.72 Å². The summed E-state index contributed by atoms with van der Waals surface area (Å²) in [6.45, 7) is 1.76. The fraction of sp³-hybridized carbons (Fsp3) is 0.333. The Kier molecular flexibility index (Phi) is 6.57. The minimum Gasteiger partial charge on any atom is -0.262 e. The van der Waals surface area contributed by atoms with Crippen molar-refractivity contribution in [3.05, 3.63) is 71.8 Å². The van der Waals surface area contributed by atoms with Crippen molar-refractivity contribution in [3.8, 4) is 0 Å². The SMILES string of the molecule is C[C@H]([C@H](NS(C)(=O)=O)c1ccccc1)[C@@H](OS(C)(=O)=O)c1ccccc1. The molecule has 3 atom stereocenters. The van der Waals surface area contributed by atoms with Crippen molar-refractivity contribution in [1.29, 1.82) is 0 Å². The lowest BCUT2D eigenvalue weighted by Gasteiger charge is -2.31. The summed E-state index contributed by atoms with van der Waals surface area (Å²) in [6, 6.07) is 17.3. The summed E-state index contributed by atoms with van der Waals surface area (Å²) in [6.07, 6.45) is 1.22. The molecule has 0 aliphatic rings. The monoisotopic (exact) mass is 397 g/mol. The molecule has 26 heavy (non-hydrogen) atoms. The Hall–Kier alpha value is -1.74. The average molecular weight is 398 g/mol. The van der Waals surface area contributed by atoms with Crippen LogP contribution in [0.15, 0.2) is 60.7 Å². The third kappa shape index (κ3) is 6.21. The van der Waals surface area contributed by atoms with E-state index in [1.165, 1.54) is 0 Å². The van der Waals surface area contributed by atoms with E-state index in [9.17, 15) is 16.8 Å². The normalized spacial score (nSPS) is 16.0.